The number of hydrogen-bond acceptors (Lipinski definition) is 5. The highest BCUT2D eigenvalue weighted by atomic mass is 16.5. The van der Waals surface area contributed by atoms with Gasteiger partial charge in [0.05, 0.1) is 7.11 Å². The summed E-state index contributed by atoms with van der Waals surface area (Å²) in [5.74, 6) is 0.406. The highest BCUT2D eigenvalue weighted by Crippen LogP contribution is 2.19. The van der Waals surface area contributed by atoms with Crippen LogP contribution in [0.4, 0.5) is 16.2 Å². The van der Waals surface area contributed by atoms with Gasteiger partial charge in [0.25, 0.3) is 0 Å². The lowest BCUT2D eigenvalue weighted by Crippen LogP contribution is -2.47. The molecule has 7 nitrogen and oxygen atoms in total. The number of carbonyl (C=O) groups excluding carboxylic acids is 1. The Morgan fingerprint density at radius 2 is 1.89 bits per heavy atom. The number of nitrogens with one attached hydrogen (secondary N) is 2. The van der Waals surface area contributed by atoms with Crippen LogP contribution in [-0.2, 0) is 0 Å². The zero-order chi connectivity index (χ0) is 18.9. The van der Waals surface area contributed by atoms with E-state index >= 15 is 0 Å². The molecule has 0 unspecified atom stereocenters. The number of para-hydroxylation sites is 1. The molecule has 3 rings (SSSR count). The second-order valence-corrected chi connectivity index (χ2v) is 6.46. The Morgan fingerprint density at radius 3 is 2.63 bits per heavy atom. The number of aromatic nitrogens is 1. The fourth-order valence-electron chi connectivity index (χ4n) is 3.19. The minimum Gasteiger partial charge on any atom is -0.480 e. The second-order valence-electron chi connectivity index (χ2n) is 6.46. The van der Waals surface area contributed by atoms with Crippen LogP contribution in [0.25, 0.3) is 0 Å². The predicted molar refractivity (Wildman–Crippen MR) is 108 cm³/mol. The van der Waals surface area contributed by atoms with Crippen LogP contribution in [0.5, 0.6) is 5.88 Å². The van der Waals surface area contributed by atoms with Crippen LogP contribution in [0.3, 0.4) is 0 Å². The van der Waals surface area contributed by atoms with Gasteiger partial charge in [-0.15, -0.1) is 0 Å². The summed E-state index contributed by atoms with van der Waals surface area (Å²) in [7, 11) is 1.53. The molecular formula is C20H27N5O2. The number of hydrogen-bond donors (Lipinski definition) is 2. The fourth-order valence-corrected chi connectivity index (χ4v) is 3.19. The summed E-state index contributed by atoms with van der Waals surface area (Å²) in [6, 6.07) is 13.8. The van der Waals surface area contributed by atoms with Crippen LogP contribution >= 0.6 is 0 Å². The van der Waals surface area contributed by atoms with E-state index in [0.29, 0.717) is 18.1 Å². The van der Waals surface area contributed by atoms with Gasteiger partial charge in [0.1, 0.15) is 5.69 Å². The summed E-state index contributed by atoms with van der Waals surface area (Å²) in [5.41, 5.74) is 1.86. The van der Waals surface area contributed by atoms with Crippen LogP contribution in [0.2, 0.25) is 0 Å². The topological polar surface area (TPSA) is 69.7 Å². The van der Waals surface area contributed by atoms with Gasteiger partial charge in [0.2, 0.25) is 5.88 Å². The van der Waals surface area contributed by atoms with Gasteiger partial charge in [-0.1, -0.05) is 18.2 Å². The number of anilines is 2. The average molecular weight is 369 g/mol. The maximum Gasteiger partial charge on any atom is 0.319 e. The number of pyridine rings is 1. The van der Waals surface area contributed by atoms with Gasteiger partial charge in [-0.05, 0) is 37.2 Å². The summed E-state index contributed by atoms with van der Waals surface area (Å²) in [6.07, 6.45) is 2.54. The van der Waals surface area contributed by atoms with Crippen LogP contribution < -0.4 is 20.3 Å². The van der Waals surface area contributed by atoms with E-state index in [1.165, 1.54) is 12.8 Å². The first kappa shape index (κ1) is 19.0. The first-order valence-corrected chi connectivity index (χ1v) is 9.32. The number of benzene rings is 1. The largest absolute Gasteiger partial charge is 0.480 e. The van der Waals surface area contributed by atoms with Crippen molar-refractivity contribution in [2.45, 2.75) is 6.42 Å². The van der Waals surface area contributed by atoms with Gasteiger partial charge in [0, 0.05) is 44.6 Å². The van der Waals surface area contributed by atoms with E-state index < -0.39 is 0 Å². The Morgan fingerprint density at radius 1 is 1.11 bits per heavy atom. The van der Waals surface area contributed by atoms with E-state index in [1.807, 2.05) is 6.07 Å². The van der Waals surface area contributed by atoms with E-state index in [0.717, 1.165) is 39.1 Å². The molecule has 1 aromatic carbocycles. The molecule has 27 heavy (non-hydrogen) atoms. The lowest BCUT2D eigenvalue weighted by atomic mass is 10.2. The number of ether oxygens (including phenoxy) is 1. The zero-order valence-corrected chi connectivity index (χ0v) is 15.7. The summed E-state index contributed by atoms with van der Waals surface area (Å²) in [4.78, 5) is 20.9. The highest BCUT2D eigenvalue weighted by Gasteiger charge is 2.16. The first-order valence-electron chi connectivity index (χ1n) is 9.32. The van der Waals surface area contributed by atoms with Crippen molar-refractivity contribution in [3.05, 3.63) is 48.7 Å². The minimum atomic E-state index is -0.241. The molecule has 1 aliphatic heterocycles. The molecule has 1 fully saturated rings. The van der Waals surface area contributed by atoms with Crippen molar-refractivity contribution in [3.8, 4) is 5.88 Å². The highest BCUT2D eigenvalue weighted by molar-refractivity contribution is 5.90. The van der Waals surface area contributed by atoms with Gasteiger partial charge >= 0.3 is 6.03 Å². The second kappa shape index (κ2) is 9.78. The van der Waals surface area contributed by atoms with Gasteiger partial charge < -0.3 is 20.3 Å². The molecule has 1 saturated heterocycles. The maximum absolute atomic E-state index is 12.0. The van der Waals surface area contributed by atoms with E-state index in [9.17, 15) is 4.79 Å². The Bertz CT molecular complexity index is 717. The minimum absolute atomic E-state index is 0.241. The average Bonchev–Trinajstić information content (AvgIpc) is 2.73. The molecule has 7 heteroatoms. The molecule has 0 aliphatic carbocycles. The molecule has 0 saturated carbocycles. The molecule has 2 N–H and O–H groups in total. The summed E-state index contributed by atoms with van der Waals surface area (Å²) in [5, 5.41) is 5.65. The van der Waals surface area contributed by atoms with Crippen molar-refractivity contribution in [1.82, 2.24) is 15.2 Å². The van der Waals surface area contributed by atoms with Crippen LogP contribution in [-0.4, -0.2) is 62.3 Å². The summed E-state index contributed by atoms with van der Waals surface area (Å²) >= 11 is 0. The Balaban J connectivity index is 1.32. The molecule has 0 spiro atoms. The molecule has 2 amide bonds. The van der Waals surface area contributed by atoms with E-state index in [2.05, 4.69) is 49.7 Å². The lowest BCUT2D eigenvalue weighted by Gasteiger charge is -2.36. The normalized spacial score (nSPS) is 14.6. The van der Waals surface area contributed by atoms with Crippen molar-refractivity contribution in [2.75, 3.05) is 56.6 Å². The molecule has 144 valence electrons. The quantitative estimate of drug-likeness (QED) is 0.734. The smallest absolute Gasteiger partial charge is 0.319 e. The monoisotopic (exact) mass is 369 g/mol. The summed E-state index contributed by atoms with van der Waals surface area (Å²) < 4.78 is 5.13. The van der Waals surface area contributed by atoms with Gasteiger partial charge in [-0.2, -0.15) is 0 Å². The Hall–Kier alpha value is -2.80. The maximum atomic E-state index is 12.0. The number of nitrogens with zero attached hydrogens (tertiary/aromatic N) is 3. The predicted octanol–water partition coefficient (Wildman–Crippen LogP) is 2.42. The number of methoxy groups -OCH3 is 1. The number of piperazine rings is 1. The van der Waals surface area contributed by atoms with Gasteiger partial charge in [-0.25, -0.2) is 9.78 Å². The number of carbonyl (C=O) groups is 1. The lowest BCUT2D eigenvalue weighted by molar-refractivity contribution is 0.244. The third-order valence-electron chi connectivity index (χ3n) is 4.64. The van der Waals surface area contributed by atoms with Crippen molar-refractivity contribution in [3.63, 3.8) is 0 Å². The fraction of sp³-hybridized carbons (Fsp3) is 0.400. The number of urea groups is 1. The molecule has 0 radical (unpaired) electrons. The molecule has 1 aromatic heterocycles. The van der Waals surface area contributed by atoms with Gasteiger partial charge in [-0.3, -0.25) is 4.90 Å². The van der Waals surface area contributed by atoms with E-state index in [1.54, 1.807) is 18.3 Å². The number of rotatable bonds is 7. The third kappa shape index (κ3) is 5.59. The van der Waals surface area contributed by atoms with Crippen LogP contribution in [0.15, 0.2) is 48.7 Å². The molecule has 2 heterocycles. The molecule has 0 bridgehead atoms. The molecule has 2 aromatic rings. The van der Waals surface area contributed by atoms with Crippen LogP contribution in [0.1, 0.15) is 6.42 Å². The van der Waals surface area contributed by atoms with E-state index in [4.69, 9.17) is 4.74 Å². The number of amides is 2. The standard InChI is InChI=1S/C20H27N5O2/c1-27-19-18(9-5-10-21-19)23-20(26)22-11-6-12-24-13-15-25(16-14-24)17-7-3-2-4-8-17/h2-5,7-10H,6,11-16H2,1H3,(H2,22,23,26). The first-order chi connectivity index (χ1) is 13.3. The summed E-state index contributed by atoms with van der Waals surface area (Å²) in [6.45, 7) is 5.80. The molecule has 1 aliphatic rings. The van der Waals surface area contributed by atoms with E-state index in [-0.39, 0.29) is 6.03 Å². The van der Waals surface area contributed by atoms with Crippen LogP contribution in [0, 0.1) is 0 Å². The molecule has 0 atom stereocenters. The van der Waals surface area contributed by atoms with Crippen molar-refractivity contribution < 1.29 is 9.53 Å². The third-order valence-corrected chi connectivity index (χ3v) is 4.64. The van der Waals surface area contributed by atoms with Crippen molar-refractivity contribution >= 4 is 17.4 Å². The Labute approximate surface area is 160 Å². The van der Waals surface area contributed by atoms with Crippen molar-refractivity contribution in [2.24, 2.45) is 0 Å². The van der Waals surface area contributed by atoms with Crippen molar-refractivity contribution in [1.29, 1.82) is 0 Å². The zero-order valence-electron chi connectivity index (χ0n) is 15.7. The Kier molecular flexibility index (Phi) is 6.87. The molecular weight excluding hydrogens is 342 g/mol. The van der Waals surface area contributed by atoms with Gasteiger partial charge in [0.15, 0.2) is 0 Å². The SMILES string of the molecule is COc1ncccc1NC(=O)NCCCN1CCN(c2ccccc2)CC1.